The molecule has 0 radical (unpaired) electrons. The van der Waals surface area contributed by atoms with Gasteiger partial charge in [0.15, 0.2) is 5.82 Å². The Hall–Kier alpha value is -3.02. The average Bonchev–Trinajstić information content (AvgIpc) is 2.84. The van der Waals surface area contributed by atoms with Crippen LogP contribution in [0.15, 0.2) is 24.4 Å². The molecule has 3 aromatic heterocycles. The van der Waals surface area contributed by atoms with Gasteiger partial charge in [-0.15, -0.1) is 0 Å². The molecule has 0 amide bonds. The van der Waals surface area contributed by atoms with Crippen molar-refractivity contribution in [3.05, 3.63) is 41.3 Å². The number of alkyl halides is 2. The summed E-state index contributed by atoms with van der Waals surface area (Å²) in [6.07, 6.45) is 1.13. The van der Waals surface area contributed by atoms with Crippen LogP contribution in [0.25, 0.3) is 10.9 Å². The maximum atomic E-state index is 13.8. The zero-order chi connectivity index (χ0) is 24.6. The number of anilines is 3. The van der Waals surface area contributed by atoms with Gasteiger partial charge in [-0.1, -0.05) is 6.07 Å². The van der Waals surface area contributed by atoms with Crippen molar-refractivity contribution in [3.8, 4) is 0 Å². The smallest absolute Gasteiger partial charge is 0.251 e. The Morgan fingerprint density at radius 2 is 1.94 bits per heavy atom. The number of pyridine rings is 2. The van der Waals surface area contributed by atoms with Crippen LogP contribution in [0.3, 0.4) is 0 Å². The molecule has 2 aliphatic rings. The first-order valence-corrected chi connectivity index (χ1v) is 11.9. The van der Waals surface area contributed by atoms with Crippen LogP contribution in [0.4, 0.5) is 26.4 Å². The van der Waals surface area contributed by atoms with Crippen LogP contribution in [0, 0.1) is 0 Å². The Balaban J connectivity index is 1.43. The molecule has 1 atom stereocenters. The number of aliphatic hydroxyl groups is 2. The van der Waals surface area contributed by atoms with Crippen LogP contribution < -0.4 is 10.2 Å². The minimum absolute atomic E-state index is 0.136. The standard InChI is InChI=1S/C24H29F2N7O2/c1-15(35)19-12-17-13-27-23(31-21(17)22(29-19)33-8-5-24(25,26)6-9-33)30-20-3-2-16-14-32(10-11-34)7-4-18(16)28-20/h2-3,12-13,15,34-35H,4-11,14H2,1H3,(H,27,28,30,31)/t15-/m1/s1. The summed E-state index contributed by atoms with van der Waals surface area (Å²) < 4.78 is 27.5. The first-order valence-electron chi connectivity index (χ1n) is 11.9. The van der Waals surface area contributed by atoms with Gasteiger partial charge in [0.25, 0.3) is 5.92 Å². The van der Waals surface area contributed by atoms with E-state index in [4.69, 9.17) is 4.98 Å². The molecule has 186 valence electrons. The topological polar surface area (TPSA) is 111 Å². The van der Waals surface area contributed by atoms with E-state index < -0.39 is 12.0 Å². The normalized spacial score (nSPS) is 18.9. The van der Waals surface area contributed by atoms with E-state index in [1.807, 2.05) is 12.1 Å². The highest BCUT2D eigenvalue weighted by molar-refractivity contribution is 5.89. The lowest BCUT2D eigenvalue weighted by Crippen LogP contribution is -2.40. The maximum absolute atomic E-state index is 13.8. The highest BCUT2D eigenvalue weighted by atomic mass is 19.3. The largest absolute Gasteiger partial charge is 0.395 e. The molecular formula is C24H29F2N7O2. The van der Waals surface area contributed by atoms with E-state index >= 15 is 0 Å². The lowest BCUT2D eigenvalue weighted by Gasteiger charge is -2.33. The molecule has 0 aliphatic carbocycles. The monoisotopic (exact) mass is 485 g/mol. The van der Waals surface area contributed by atoms with E-state index in [0.29, 0.717) is 40.7 Å². The van der Waals surface area contributed by atoms with Crippen molar-refractivity contribution in [2.45, 2.75) is 44.8 Å². The second-order valence-corrected chi connectivity index (χ2v) is 9.20. The average molecular weight is 486 g/mol. The van der Waals surface area contributed by atoms with E-state index in [-0.39, 0.29) is 32.5 Å². The number of aliphatic hydroxyl groups excluding tert-OH is 2. The lowest BCUT2D eigenvalue weighted by molar-refractivity contribution is -0.0221. The Kier molecular flexibility index (Phi) is 6.47. The third-order valence-corrected chi connectivity index (χ3v) is 6.57. The van der Waals surface area contributed by atoms with Gasteiger partial charge in [0.2, 0.25) is 5.95 Å². The van der Waals surface area contributed by atoms with Gasteiger partial charge in [-0.05, 0) is 24.6 Å². The van der Waals surface area contributed by atoms with Gasteiger partial charge in [-0.25, -0.2) is 28.7 Å². The Morgan fingerprint density at radius 3 is 2.69 bits per heavy atom. The molecule has 5 heterocycles. The number of nitrogens with zero attached hydrogens (tertiary/aromatic N) is 6. The number of hydrogen-bond acceptors (Lipinski definition) is 9. The van der Waals surface area contributed by atoms with Gasteiger partial charge >= 0.3 is 0 Å². The van der Waals surface area contributed by atoms with E-state index in [1.54, 1.807) is 24.1 Å². The molecule has 11 heteroatoms. The zero-order valence-corrected chi connectivity index (χ0v) is 19.6. The number of fused-ring (bicyclic) bond motifs is 2. The molecule has 0 saturated carbocycles. The minimum atomic E-state index is -2.68. The number of piperidine rings is 1. The van der Waals surface area contributed by atoms with Crippen LogP contribution in [0.5, 0.6) is 0 Å². The SMILES string of the molecule is C[C@@H](O)c1cc2cnc(Nc3ccc4c(n3)CCN(CCO)C4)nc2c(N2CCC(F)(F)CC2)n1. The summed E-state index contributed by atoms with van der Waals surface area (Å²) in [7, 11) is 0. The summed E-state index contributed by atoms with van der Waals surface area (Å²) in [6, 6.07) is 5.61. The van der Waals surface area contributed by atoms with Gasteiger partial charge in [-0.2, -0.15) is 0 Å². The molecule has 3 aromatic rings. The summed E-state index contributed by atoms with van der Waals surface area (Å²) >= 11 is 0. The van der Waals surface area contributed by atoms with Gasteiger partial charge in [0.1, 0.15) is 11.3 Å². The molecule has 0 bridgehead atoms. The quantitative estimate of drug-likeness (QED) is 0.485. The van der Waals surface area contributed by atoms with E-state index in [9.17, 15) is 19.0 Å². The number of rotatable bonds is 6. The van der Waals surface area contributed by atoms with Crippen molar-refractivity contribution < 1.29 is 19.0 Å². The number of nitrogens with one attached hydrogen (secondary N) is 1. The number of aromatic nitrogens is 4. The highest BCUT2D eigenvalue weighted by Gasteiger charge is 2.35. The van der Waals surface area contributed by atoms with Crippen molar-refractivity contribution in [1.29, 1.82) is 0 Å². The lowest BCUT2D eigenvalue weighted by atomic mass is 10.1. The van der Waals surface area contributed by atoms with Crippen molar-refractivity contribution >= 4 is 28.5 Å². The fourth-order valence-corrected chi connectivity index (χ4v) is 4.57. The van der Waals surface area contributed by atoms with E-state index in [2.05, 4.69) is 25.2 Å². The molecule has 0 aromatic carbocycles. The molecule has 0 unspecified atom stereocenters. The van der Waals surface area contributed by atoms with Crippen molar-refractivity contribution in [3.63, 3.8) is 0 Å². The third-order valence-electron chi connectivity index (χ3n) is 6.57. The third kappa shape index (κ3) is 5.16. The number of hydrogen-bond donors (Lipinski definition) is 3. The van der Waals surface area contributed by atoms with Crippen molar-refractivity contribution in [2.75, 3.05) is 43.0 Å². The summed E-state index contributed by atoms with van der Waals surface area (Å²) in [4.78, 5) is 22.4. The molecule has 35 heavy (non-hydrogen) atoms. The van der Waals surface area contributed by atoms with Gasteiger partial charge in [0, 0.05) is 69.3 Å². The molecular weight excluding hydrogens is 456 g/mol. The van der Waals surface area contributed by atoms with E-state index in [1.165, 1.54) is 0 Å². The molecule has 5 rings (SSSR count). The van der Waals surface area contributed by atoms with Crippen LogP contribution in [0.2, 0.25) is 0 Å². The predicted molar refractivity (Wildman–Crippen MR) is 128 cm³/mol. The first kappa shape index (κ1) is 23.7. The van der Waals surface area contributed by atoms with Gasteiger partial charge in [-0.3, -0.25) is 4.90 Å². The van der Waals surface area contributed by atoms with Crippen LogP contribution in [-0.2, 0) is 13.0 Å². The van der Waals surface area contributed by atoms with Crippen molar-refractivity contribution in [1.82, 2.24) is 24.8 Å². The van der Waals surface area contributed by atoms with Crippen LogP contribution >= 0.6 is 0 Å². The van der Waals surface area contributed by atoms with Crippen LogP contribution in [0.1, 0.15) is 42.8 Å². The molecule has 2 aliphatic heterocycles. The molecule has 9 nitrogen and oxygen atoms in total. The zero-order valence-electron chi connectivity index (χ0n) is 19.6. The highest BCUT2D eigenvalue weighted by Crippen LogP contribution is 2.34. The van der Waals surface area contributed by atoms with Gasteiger partial charge < -0.3 is 20.4 Å². The molecule has 1 saturated heterocycles. The summed E-state index contributed by atoms with van der Waals surface area (Å²) in [5, 5.41) is 23.1. The summed E-state index contributed by atoms with van der Waals surface area (Å²) in [5.41, 5.74) is 3.12. The molecule has 1 fully saturated rings. The van der Waals surface area contributed by atoms with Gasteiger partial charge in [0.05, 0.1) is 18.4 Å². The molecule has 3 N–H and O–H groups in total. The fourth-order valence-electron chi connectivity index (χ4n) is 4.57. The minimum Gasteiger partial charge on any atom is -0.395 e. The second-order valence-electron chi connectivity index (χ2n) is 9.20. The summed E-state index contributed by atoms with van der Waals surface area (Å²) in [5.74, 6) is -1.26. The fraction of sp³-hybridized carbons (Fsp3) is 0.500. The molecule has 0 spiro atoms. The number of β-amino-alcohol motifs (C(OH)–C–C–N with tert-alkyl or cyclic N) is 1. The van der Waals surface area contributed by atoms with Crippen molar-refractivity contribution in [2.24, 2.45) is 0 Å². The number of halogens is 2. The Morgan fingerprint density at radius 1 is 1.14 bits per heavy atom. The predicted octanol–water partition coefficient (Wildman–Crippen LogP) is 2.80. The Bertz CT molecular complexity index is 1210. The Labute approximate surface area is 201 Å². The first-order chi connectivity index (χ1) is 16.8. The van der Waals surface area contributed by atoms with Crippen LogP contribution in [-0.4, -0.2) is 73.8 Å². The maximum Gasteiger partial charge on any atom is 0.251 e. The van der Waals surface area contributed by atoms with E-state index in [0.717, 1.165) is 30.8 Å². The second kappa shape index (κ2) is 9.56. The summed E-state index contributed by atoms with van der Waals surface area (Å²) in [6.45, 7) is 4.31.